The summed E-state index contributed by atoms with van der Waals surface area (Å²) in [7, 11) is 0. The molecule has 0 spiro atoms. The highest BCUT2D eigenvalue weighted by atomic mass is 35.5. The van der Waals surface area contributed by atoms with E-state index in [0.717, 1.165) is 45.4 Å². The van der Waals surface area contributed by atoms with Gasteiger partial charge in [-0.25, -0.2) is 0 Å². The van der Waals surface area contributed by atoms with E-state index in [1.807, 2.05) is 0 Å². The van der Waals surface area contributed by atoms with Crippen LogP contribution in [-0.2, 0) is 0 Å². The Bertz CT molecular complexity index is 915. The van der Waals surface area contributed by atoms with Gasteiger partial charge in [0.15, 0.2) is 11.6 Å². The lowest BCUT2D eigenvalue weighted by molar-refractivity contribution is 0.0979. The molecular formula is C24H35Cl3N4O3. The van der Waals surface area contributed by atoms with Crippen molar-refractivity contribution in [1.29, 1.82) is 0 Å². The Hall–Kier alpha value is -1.71. The van der Waals surface area contributed by atoms with Gasteiger partial charge in [0.25, 0.3) is 0 Å². The molecule has 0 aliphatic heterocycles. The average Bonchev–Trinajstić information content (AvgIpc) is 2.80. The largest absolute Gasteiger partial charge is 0.390 e. The van der Waals surface area contributed by atoms with Crippen molar-refractivity contribution in [3.05, 3.63) is 64.7 Å². The number of hydrogen-bond donors (Lipinski definition) is 5. The van der Waals surface area contributed by atoms with Crippen LogP contribution in [0.4, 0.5) is 5.69 Å². The van der Waals surface area contributed by atoms with E-state index in [4.69, 9.17) is 5.73 Å². The number of unbranched alkanes of at least 4 members (excludes halogenated alkanes) is 1. The van der Waals surface area contributed by atoms with Crippen LogP contribution >= 0.6 is 37.2 Å². The van der Waals surface area contributed by atoms with E-state index in [2.05, 4.69) is 16.0 Å². The van der Waals surface area contributed by atoms with Gasteiger partial charge in [0, 0.05) is 35.5 Å². The summed E-state index contributed by atoms with van der Waals surface area (Å²) in [4.78, 5) is 25.8. The summed E-state index contributed by atoms with van der Waals surface area (Å²) in [5.41, 5.74) is 7.69. The zero-order valence-electron chi connectivity index (χ0n) is 19.0. The molecule has 1 aliphatic rings. The second-order valence-corrected chi connectivity index (χ2v) is 7.77. The summed E-state index contributed by atoms with van der Waals surface area (Å²) in [5.74, 6) is -0.312. The summed E-state index contributed by atoms with van der Waals surface area (Å²) >= 11 is 0. The van der Waals surface area contributed by atoms with Gasteiger partial charge in [-0.15, -0.1) is 37.2 Å². The molecule has 1 atom stereocenters. The van der Waals surface area contributed by atoms with Crippen LogP contribution in [0.5, 0.6) is 0 Å². The van der Waals surface area contributed by atoms with Gasteiger partial charge in [-0.1, -0.05) is 36.4 Å². The molecule has 0 saturated heterocycles. The van der Waals surface area contributed by atoms with Crippen molar-refractivity contribution in [2.24, 2.45) is 5.73 Å². The Morgan fingerprint density at radius 1 is 0.735 bits per heavy atom. The van der Waals surface area contributed by atoms with Crippen molar-refractivity contribution >= 4 is 54.5 Å². The van der Waals surface area contributed by atoms with Crippen molar-refractivity contribution in [2.45, 2.75) is 25.4 Å². The van der Waals surface area contributed by atoms with E-state index in [9.17, 15) is 14.7 Å². The number of ketones is 2. The van der Waals surface area contributed by atoms with E-state index in [1.165, 1.54) is 0 Å². The highest BCUT2D eigenvalue weighted by molar-refractivity contribution is 6.30. The first-order chi connectivity index (χ1) is 15.1. The summed E-state index contributed by atoms with van der Waals surface area (Å²) in [5, 5.41) is 20.0. The number of halogens is 3. The lowest BCUT2D eigenvalue weighted by Crippen LogP contribution is -2.34. The van der Waals surface area contributed by atoms with Crippen LogP contribution in [0, 0.1) is 0 Å². The molecule has 7 nitrogen and oxygen atoms in total. The second kappa shape index (κ2) is 16.8. The first kappa shape index (κ1) is 32.3. The van der Waals surface area contributed by atoms with E-state index >= 15 is 0 Å². The third-order valence-corrected chi connectivity index (χ3v) is 5.38. The van der Waals surface area contributed by atoms with Gasteiger partial charge in [-0.2, -0.15) is 0 Å². The molecule has 0 aromatic heterocycles. The molecule has 6 N–H and O–H groups in total. The van der Waals surface area contributed by atoms with Gasteiger partial charge in [0.2, 0.25) is 0 Å². The maximum absolute atomic E-state index is 13.0. The number of carbonyl (C=O) groups excluding carboxylic acids is 2. The Morgan fingerprint density at radius 2 is 1.35 bits per heavy atom. The van der Waals surface area contributed by atoms with E-state index in [-0.39, 0.29) is 55.3 Å². The van der Waals surface area contributed by atoms with Crippen molar-refractivity contribution in [3.63, 3.8) is 0 Å². The monoisotopic (exact) mass is 532 g/mol. The van der Waals surface area contributed by atoms with Crippen LogP contribution in [0.15, 0.2) is 42.5 Å². The molecule has 0 bridgehead atoms. The summed E-state index contributed by atoms with van der Waals surface area (Å²) in [6.07, 6.45) is 2.50. The smallest absolute Gasteiger partial charge is 0.196 e. The van der Waals surface area contributed by atoms with Crippen LogP contribution in [0.1, 0.15) is 51.1 Å². The highest BCUT2D eigenvalue weighted by Crippen LogP contribution is 2.31. The first-order valence-electron chi connectivity index (χ1n) is 11.0. The number of fused-ring (bicyclic) bond motifs is 2. The molecule has 34 heavy (non-hydrogen) atoms. The molecule has 0 radical (unpaired) electrons. The molecule has 1 aliphatic carbocycles. The van der Waals surface area contributed by atoms with Gasteiger partial charge >= 0.3 is 0 Å². The SMILES string of the molecule is Cl.Cl.Cl.NCCCCNCCCNCC(O)CNc1cccc2c1C(=O)c1ccccc1C2=O. The first-order valence-corrected chi connectivity index (χ1v) is 11.0. The molecule has 2 aromatic carbocycles. The van der Waals surface area contributed by atoms with Gasteiger partial charge in [0.05, 0.1) is 11.7 Å². The Balaban J connectivity index is 0.00000363. The van der Waals surface area contributed by atoms with Gasteiger partial charge in [0.1, 0.15) is 0 Å². The lowest BCUT2D eigenvalue weighted by atomic mass is 9.83. The van der Waals surface area contributed by atoms with Crippen LogP contribution in [-0.4, -0.2) is 62.0 Å². The standard InChI is InChI=1S/C24H32N4O3.3ClH/c25-11-3-4-12-26-13-6-14-27-15-17(29)16-28-21-10-5-9-20-22(21)24(31)19-8-2-1-7-18(19)23(20)30;;;/h1-2,5,7-10,17,26-29H,3-4,6,11-16,25H2;3*1H. The number of nitrogens with one attached hydrogen (secondary N) is 3. The second-order valence-electron chi connectivity index (χ2n) is 7.77. The number of anilines is 1. The predicted molar refractivity (Wildman–Crippen MR) is 145 cm³/mol. The third kappa shape index (κ3) is 8.50. The van der Waals surface area contributed by atoms with Gasteiger partial charge in [-0.3, -0.25) is 9.59 Å². The number of aliphatic hydroxyl groups excluding tert-OH is 1. The number of aliphatic hydroxyl groups is 1. The maximum Gasteiger partial charge on any atom is 0.196 e. The van der Waals surface area contributed by atoms with Crippen LogP contribution in [0.3, 0.4) is 0 Å². The van der Waals surface area contributed by atoms with Gasteiger partial charge < -0.3 is 26.8 Å². The van der Waals surface area contributed by atoms with E-state index < -0.39 is 6.10 Å². The third-order valence-electron chi connectivity index (χ3n) is 5.38. The quantitative estimate of drug-likeness (QED) is 0.215. The lowest BCUT2D eigenvalue weighted by Gasteiger charge is -2.21. The van der Waals surface area contributed by atoms with Crippen molar-refractivity contribution in [3.8, 4) is 0 Å². The van der Waals surface area contributed by atoms with Crippen molar-refractivity contribution in [2.75, 3.05) is 44.6 Å². The fraction of sp³-hybridized carbons (Fsp3) is 0.417. The van der Waals surface area contributed by atoms with Gasteiger partial charge in [-0.05, 0) is 51.5 Å². The number of hydrogen-bond acceptors (Lipinski definition) is 7. The molecule has 190 valence electrons. The molecule has 1 unspecified atom stereocenters. The zero-order chi connectivity index (χ0) is 22.1. The molecule has 0 fully saturated rings. The molecule has 3 rings (SSSR count). The minimum absolute atomic E-state index is 0. The number of benzene rings is 2. The minimum Gasteiger partial charge on any atom is -0.390 e. The minimum atomic E-state index is -0.616. The Kier molecular flexibility index (Phi) is 16.0. The molecule has 2 aromatic rings. The topological polar surface area (TPSA) is 116 Å². The summed E-state index contributed by atoms with van der Waals surface area (Å²) < 4.78 is 0. The fourth-order valence-corrected chi connectivity index (χ4v) is 3.72. The zero-order valence-corrected chi connectivity index (χ0v) is 21.5. The predicted octanol–water partition coefficient (Wildman–Crippen LogP) is 2.81. The van der Waals surface area contributed by atoms with Crippen LogP contribution < -0.4 is 21.7 Å². The fourth-order valence-electron chi connectivity index (χ4n) is 3.72. The van der Waals surface area contributed by atoms with Crippen molar-refractivity contribution < 1.29 is 14.7 Å². The van der Waals surface area contributed by atoms with E-state index in [0.29, 0.717) is 34.5 Å². The normalized spacial score (nSPS) is 12.4. The Labute approximate surface area is 219 Å². The number of nitrogens with two attached hydrogens (primary N) is 1. The maximum atomic E-state index is 13.0. The van der Waals surface area contributed by atoms with Crippen molar-refractivity contribution in [1.82, 2.24) is 10.6 Å². The molecular weight excluding hydrogens is 499 g/mol. The summed E-state index contributed by atoms with van der Waals surface area (Å²) in [6.45, 7) is 4.19. The van der Waals surface area contributed by atoms with E-state index in [1.54, 1.807) is 42.5 Å². The number of carbonyl (C=O) groups is 2. The average molecular weight is 534 g/mol. The number of rotatable bonds is 13. The Morgan fingerprint density at radius 3 is 2.06 bits per heavy atom. The highest BCUT2D eigenvalue weighted by Gasteiger charge is 2.31. The van der Waals surface area contributed by atoms with Crippen LogP contribution in [0.25, 0.3) is 0 Å². The summed E-state index contributed by atoms with van der Waals surface area (Å²) in [6, 6.07) is 12.1. The molecule has 0 amide bonds. The molecule has 0 heterocycles. The molecule has 10 heteroatoms. The molecule has 0 saturated carbocycles. The van der Waals surface area contributed by atoms with Crippen LogP contribution in [0.2, 0.25) is 0 Å².